The molecule has 2 heterocycles. The summed E-state index contributed by atoms with van der Waals surface area (Å²) in [4.78, 5) is 29.1. The van der Waals surface area contributed by atoms with Gasteiger partial charge in [-0.05, 0) is 42.3 Å². The summed E-state index contributed by atoms with van der Waals surface area (Å²) in [5.74, 6) is 1.33. The Balaban J connectivity index is 1.51. The van der Waals surface area contributed by atoms with E-state index in [9.17, 15) is 14.9 Å². The number of nitrogens with zero attached hydrogens (tertiary/aromatic N) is 4. The first-order valence-corrected chi connectivity index (χ1v) is 12.7. The Labute approximate surface area is 222 Å². The van der Waals surface area contributed by atoms with Gasteiger partial charge in [-0.3, -0.25) is 14.9 Å². The lowest BCUT2D eigenvalue weighted by Crippen LogP contribution is -2.31. The number of hydrogen-bond acceptors (Lipinski definition) is 8. The first-order chi connectivity index (χ1) is 18.4. The molecule has 1 aliphatic heterocycles. The number of anilines is 2. The average molecular weight is 529 g/mol. The lowest BCUT2D eigenvalue weighted by molar-refractivity contribution is -0.384. The molecule has 0 fully saturated rings. The number of fused-ring (bicyclic) bond motifs is 1. The highest BCUT2D eigenvalue weighted by Crippen LogP contribution is 2.38. The normalized spacial score (nSPS) is 14.4. The van der Waals surface area contributed by atoms with Crippen molar-refractivity contribution in [1.82, 2.24) is 14.8 Å². The molecule has 0 aliphatic carbocycles. The van der Waals surface area contributed by atoms with Crippen LogP contribution in [0.25, 0.3) is 0 Å². The summed E-state index contributed by atoms with van der Waals surface area (Å²) in [6.07, 6.45) is 0. The lowest BCUT2D eigenvalue weighted by atomic mass is 9.95. The summed E-state index contributed by atoms with van der Waals surface area (Å²) >= 11 is 1.48. The van der Waals surface area contributed by atoms with Crippen LogP contribution in [0.4, 0.5) is 17.3 Å². The summed E-state index contributed by atoms with van der Waals surface area (Å²) in [6.45, 7) is 1.80. The zero-order valence-corrected chi connectivity index (χ0v) is 21.4. The molecule has 0 bridgehead atoms. The number of nitro benzene ring substituents is 1. The molecular weight excluding hydrogens is 504 g/mol. The van der Waals surface area contributed by atoms with Crippen molar-refractivity contribution < 1.29 is 14.5 Å². The van der Waals surface area contributed by atoms with E-state index in [0.29, 0.717) is 45.1 Å². The van der Waals surface area contributed by atoms with E-state index in [0.717, 1.165) is 5.56 Å². The van der Waals surface area contributed by atoms with E-state index < -0.39 is 11.0 Å². The van der Waals surface area contributed by atoms with Gasteiger partial charge < -0.3 is 15.4 Å². The Morgan fingerprint density at radius 1 is 1.11 bits per heavy atom. The smallest absolute Gasteiger partial charge is 0.269 e. The second kappa shape index (κ2) is 10.8. The van der Waals surface area contributed by atoms with Crippen molar-refractivity contribution in [2.45, 2.75) is 23.9 Å². The van der Waals surface area contributed by atoms with Gasteiger partial charge in [0, 0.05) is 23.6 Å². The van der Waals surface area contributed by atoms with Gasteiger partial charge in [0.2, 0.25) is 11.1 Å². The number of allylic oxidation sites excluding steroid dienone is 1. The van der Waals surface area contributed by atoms with Crippen molar-refractivity contribution in [3.63, 3.8) is 0 Å². The zero-order valence-electron chi connectivity index (χ0n) is 20.6. The summed E-state index contributed by atoms with van der Waals surface area (Å²) in [5.41, 5.74) is 3.28. The highest BCUT2D eigenvalue weighted by molar-refractivity contribution is 7.98. The highest BCUT2D eigenvalue weighted by Gasteiger charge is 2.35. The van der Waals surface area contributed by atoms with Crippen molar-refractivity contribution in [2.75, 3.05) is 17.7 Å². The number of benzene rings is 3. The van der Waals surface area contributed by atoms with Gasteiger partial charge in [0.05, 0.1) is 23.3 Å². The molecule has 0 saturated heterocycles. The fourth-order valence-electron chi connectivity index (χ4n) is 4.23. The van der Waals surface area contributed by atoms with Crippen LogP contribution in [-0.2, 0) is 10.5 Å². The second-order valence-corrected chi connectivity index (χ2v) is 9.45. The maximum absolute atomic E-state index is 13.7. The lowest BCUT2D eigenvalue weighted by Gasteiger charge is -2.28. The van der Waals surface area contributed by atoms with Gasteiger partial charge in [-0.25, -0.2) is 4.68 Å². The number of ether oxygens (including phenoxy) is 1. The van der Waals surface area contributed by atoms with E-state index in [4.69, 9.17) is 9.84 Å². The molecule has 0 spiro atoms. The molecule has 38 heavy (non-hydrogen) atoms. The van der Waals surface area contributed by atoms with Crippen molar-refractivity contribution in [2.24, 2.45) is 0 Å². The van der Waals surface area contributed by atoms with Crippen LogP contribution in [0.5, 0.6) is 5.75 Å². The number of carbonyl (C=O) groups excluding carboxylic acids is 1. The Morgan fingerprint density at radius 3 is 2.53 bits per heavy atom. The van der Waals surface area contributed by atoms with Crippen LogP contribution >= 0.6 is 11.8 Å². The molecule has 4 aromatic rings. The van der Waals surface area contributed by atoms with E-state index in [1.54, 1.807) is 41.9 Å². The molecule has 1 unspecified atom stereocenters. The van der Waals surface area contributed by atoms with Crippen LogP contribution in [0, 0.1) is 10.1 Å². The minimum absolute atomic E-state index is 0.0404. The Hall–Kier alpha value is -4.64. The maximum Gasteiger partial charge on any atom is 0.269 e. The fourth-order valence-corrected chi connectivity index (χ4v) is 5.02. The van der Waals surface area contributed by atoms with Crippen LogP contribution in [0.1, 0.15) is 24.1 Å². The monoisotopic (exact) mass is 528 g/mol. The van der Waals surface area contributed by atoms with Gasteiger partial charge in [0.15, 0.2) is 0 Å². The molecule has 1 aliphatic rings. The maximum atomic E-state index is 13.7. The van der Waals surface area contributed by atoms with E-state index in [1.165, 1.54) is 31.0 Å². The quantitative estimate of drug-likeness (QED) is 0.177. The molecule has 192 valence electrons. The Morgan fingerprint density at radius 2 is 1.82 bits per heavy atom. The standard InChI is InChI=1S/C27H24N6O4S/c1-17-23(25(34)29-21-10-6-7-11-22(21)37-2)24(19-12-14-20(15-13-19)33(35)36)32-26(28-17)30-27(31-32)38-16-18-8-4-3-5-9-18/h3-15,24H,16H2,1-2H3,(H,29,34)(H,28,30,31). The topological polar surface area (TPSA) is 124 Å². The van der Waals surface area contributed by atoms with Crippen molar-refractivity contribution >= 4 is 35.0 Å². The number of para-hydroxylation sites is 2. The van der Waals surface area contributed by atoms with Crippen LogP contribution in [0.3, 0.4) is 0 Å². The van der Waals surface area contributed by atoms with Crippen molar-refractivity contribution in [3.8, 4) is 5.75 Å². The second-order valence-electron chi connectivity index (χ2n) is 8.51. The fraction of sp³-hybridized carbons (Fsp3) is 0.148. The first kappa shape index (κ1) is 25.0. The van der Waals surface area contributed by atoms with Crippen LogP contribution < -0.4 is 15.4 Å². The van der Waals surface area contributed by atoms with Crippen molar-refractivity contribution in [3.05, 3.63) is 111 Å². The zero-order chi connectivity index (χ0) is 26.6. The minimum atomic E-state index is -0.666. The molecule has 1 atom stereocenters. The summed E-state index contributed by atoms with van der Waals surface area (Å²) in [7, 11) is 1.54. The summed E-state index contributed by atoms with van der Waals surface area (Å²) in [6, 6.07) is 22.6. The predicted octanol–water partition coefficient (Wildman–Crippen LogP) is 5.41. The van der Waals surface area contributed by atoms with E-state index in [2.05, 4.69) is 15.6 Å². The minimum Gasteiger partial charge on any atom is -0.495 e. The molecule has 10 nitrogen and oxygen atoms in total. The first-order valence-electron chi connectivity index (χ1n) is 11.7. The predicted molar refractivity (Wildman–Crippen MR) is 145 cm³/mol. The van der Waals surface area contributed by atoms with Crippen LogP contribution in [0.2, 0.25) is 0 Å². The molecular formula is C27H24N6O4S. The third-order valence-electron chi connectivity index (χ3n) is 6.06. The number of hydrogen-bond donors (Lipinski definition) is 2. The van der Waals surface area contributed by atoms with Gasteiger partial charge in [-0.15, -0.1) is 5.10 Å². The summed E-state index contributed by atoms with van der Waals surface area (Å²) in [5, 5.41) is 22.7. The van der Waals surface area contributed by atoms with Gasteiger partial charge >= 0.3 is 0 Å². The molecule has 3 aromatic carbocycles. The largest absolute Gasteiger partial charge is 0.495 e. The molecule has 1 aromatic heterocycles. The number of nitro groups is 1. The molecule has 1 amide bonds. The number of aromatic nitrogens is 3. The average Bonchev–Trinajstić information content (AvgIpc) is 3.34. The number of rotatable bonds is 8. The van der Waals surface area contributed by atoms with Crippen LogP contribution in [0.15, 0.2) is 95.3 Å². The Kier molecular flexibility index (Phi) is 7.09. The van der Waals surface area contributed by atoms with Crippen LogP contribution in [-0.4, -0.2) is 32.7 Å². The third-order valence-corrected chi connectivity index (χ3v) is 6.97. The molecule has 0 radical (unpaired) electrons. The number of methoxy groups -OCH3 is 1. The van der Waals surface area contributed by atoms with E-state index in [-0.39, 0.29) is 11.6 Å². The number of non-ortho nitro benzene ring substituents is 1. The molecule has 0 saturated carbocycles. The molecule has 2 N–H and O–H groups in total. The van der Waals surface area contributed by atoms with E-state index in [1.807, 2.05) is 36.4 Å². The van der Waals surface area contributed by atoms with Gasteiger partial charge in [0.1, 0.15) is 11.8 Å². The molecule has 11 heteroatoms. The third kappa shape index (κ3) is 5.09. The van der Waals surface area contributed by atoms with Gasteiger partial charge in [-0.1, -0.05) is 54.2 Å². The number of nitrogens with one attached hydrogen (secondary N) is 2. The molecule has 5 rings (SSSR count). The van der Waals surface area contributed by atoms with Crippen molar-refractivity contribution in [1.29, 1.82) is 0 Å². The van der Waals surface area contributed by atoms with Gasteiger partial charge in [-0.2, -0.15) is 4.98 Å². The number of thioether (sulfide) groups is 1. The number of amides is 1. The van der Waals surface area contributed by atoms with Gasteiger partial charge in [0.25, 0.3) is 11.6 Å². The SMILES string of the molecule is COc1ccccc1NC(=O)C1=C(C)Nc2nc(SCc3ccccc3)nn2C1c1ccc([N+](=O)[O-])cc1. The Bertz CT molecular complexity index is 1520. The van der Waals surface area contributed by atoms with E-state index >= 15 is 0 Å². The number of carbonyl (C=O) groups is 1. The summed E-state index contributed by atoms with van der Waals surface area (Å²) < 4.78 is 7.04. The highest BCUT2D eigenvalue weighted by atomic mass is 32.2.